The number of furan rings is 1. The van der Waals surface area contributed by atoms with E-state index in [0.717, 1.165) is 12.8 Å². The van der Waals surface area contributed by atoms with Crippen LogP contribution >= 0.6 is 0 Å². The van der Waals surface area contributed by atoms with Gasteiger partial charge in [0.1, 0.15) is 11.9 Å². The van der Waals surface area contributed by atoms with Crippen LogP contribution in [0.25, 0.3) is 0 Å². The number of fused-ring (bicyclic) bond motifs is 1. The lowest BCUT2D eigenvalue weighted by Gasteiger charge is -2.41. The molecule has 1 fully saturated rings. The van der Waals surface area contributed by atoms with Crippen LogP contribution in [0.5, 0.6) is 11.5 Å². The van der Waals surface area contributed by atoms with E-state index >= 15 is 0 Å². The van der Waals surface area contributed by atoms with Crippen LogP contribution in [0, 0.1) is 17.8 Å². The van der Waals surface area contributed by atoms with Crippen molar-refractivity contribution in [3.8, 4) is 11.5 Å². The Labute approximate surface area is 186 Å². The zero-order valence-electron chi connectivity index (χ0n) is 18.4. The summed E-state index contributed by atoms with van der Waals surface area (Å²) < 4.78 is 17.1. The van der Waals surface area contributed by atoms with Gasteiger partial charge in [0.05, 0.1) is 37.5 Å². The first-order valence-electron chi connectivity index (χ1n) is 11.0. The standard InChI is InChI=1S/C25H27NO6/c1-13-9-14(2)23-17(10-13)22(28)20-21(15-6-7-18(27)19(11-15)30-3)26(25(29)24(20)32-23)12-16-5-4-8-31-16/h4-8,11,13-14,17,21,23,27H,9-10,12H2,1-3H3. The normalized spacial score (nSPS) is 29.6. The molecule has 7 nitrogen and oxygen atoms in total. The number of ketones is 1. The maximum Gasteiger partial charge on any atom is 0.290 e. The van der Waals surface area contributed by atoms with E-state index in [0.29, 0.717) is 22.8 Å². The van der Waals surface area contributed by atoms with Crippen molar-refractivity contribution in [1.29, 1.82) is 0 Å². The minimum absolute atomic E-state index is 0.00595. The van der Waals surface area contributed by atoms with Crippen LogP contribution in [0.2, 0.25) is 0 Å². The van der Waals surface area contributed by atoms with Gasteiger partial charge < -0.3 is 23.9 Å². The molecular formula is C25H27NO6. The summed E-state index contributed by atoms with van der Waals surface area (Å²) >= 11 is 0. The zero-order chi connectivity index (χ0) is 22.6. The minimum atomic E-state index is -0.641. The highest BCUT2D eigenvalue weighted by Gasteiger charge is 2.54. The summed E-state index contributed by atoms with van der Waals surface area (Å²) in [6, 6.07) is 7.82. The molecule has 168 valence electrons. The van der Waals surface area contributed by atoms with Crippen molar-refractivity contribution in [2.24, 2.45) is 17.8 Å². The number of benzene rings is 1. The average molecular weight is 437 g/mol. The van der Waals surface area contributed by atoms with Crippen molar-refractivity contribution in [2.75, 3.05) is 7.11 Å². The molecule has 5 rings (SSSR count). The molecule has 3 aliphatic rings. The van der Waals surface area contributed by atoms with Crippen LogP contribution in [0.3, 0.4) is 0 Å². The first-order chi connectivity index (χ1) is 15.4. The van der Waals surface area contributed by atoms with Gasteiger partial charge in [-0.3, -0.25) is 9.59 Å². The Morgan fingerprint density at radius 1 is 1.19 bits per heavy atom. The van der Waals surface area contributed by atoms with Crippen molar-refractivity contribution in [3.63, 3.8) is 0 Å². The molecular weight excluding hydrogens is 410 g/mol. The first kappa shape index (κ1) is 20.7. The van der Waals surface area contributed by atoms with E-state index < -0.39 is 6.04 Å². The second kappa shape index (κ2) is 7.73. The highest BCUT2D eigenvalue weighted by Crippen LogP contribution is 2.49. The van der Waals surface area contributed by atoms with E-state index in [2.05, 4.69) is 13.8 Å². The summed E-state index contributed by atoms with van der Waals surface area (Å²) in [5, 5.41) is 10.1. The number of rotatable bonds is 4. The predicted molar refractivity (Wildman–Crippen MR) is 115 cm³/mol. The highest BCUT2D eigenvalue weighted by molar-refractivity contribution is 6.11. The molecule has 5 atom stereocenters. The average Bonchev–Trinajstić information content (AvgIpc) is 3.37. The van der Waals surface area contributed by atoms with Crippen LogP contribution in [0.1, 0.15) is 44.1 Å². The SMILES string of the molecule is COc1cc(C2C3=C(OC4C(C)CC(C)CC4C3=O)C(=O)N2Cc2ccco2)ccc1O. The second-order valence-electron chi connectivity index (χ2n) is 9.20. The molecule has 3 heterocycles. The van der Waals surface area contributed by atoms with Crippen molar-refractivity contribution in [1.82, 2.24) is 4.90 Å². The Morgan fingerprint density at radius 3 is 2.72 bits per heavy atom. The fourth-order valence-electron chi connectivity index (χ4n) is 5.57. The predicted octanol–water partition coefficient (Wildman–Crippen LogP) is 3.98. The molecule has 2 aliphatic heterocycles. The number of phenols is 1. The zero-order valence-corrected chi connectivity index (χ0v) is 18.4. The number of phenolic OH excluding ortho intramolecular Hbond substituents is 1. The number of carbonyl (C=O) groups excluding carboxylic acids is 2. The number of Topliss-reactive ketones (excluding diaryl/α,β-unsaturated/α-hetero) is 1. The van der Waals surface area contributed by atoms with Gasteiger partial charge in [-0.2, -0.15) is 0 Å². The molecule has 0 radical (unpaired) electrons. The number of aromatic hydroxyl groups is 1. The Balaban J connectivity index is 1.61. The molecule has 2 aromatic rings. The molecule has 32 heavy (non-hydrogen) atoms. The number of carbonyl (C=O) groups is 2. The number of amides is 1. The number of hydrogen-bond donors (Lipinski definition) is 1. The molecule has 1 aliphatic carbocycles. The Hall–Kier alpha value is -3.22. The topological polar surface area (TPSA) is 89.2 Å². The molecule has 0 saturated heterocycles. The van der Waals surface area contributed by atoms with Crippen LogP contribution in [0.4, 0.5) is 0 Å². The highest BCUT2D eigenvalue weighted by atomic mass is 16.5. The quantitative estimate of drug-likeness (QED) is 0.778. The Kier molecular flexibility index (Phi) is 4.99. The van der Waals surface area contributed by atoms with E-state index in [4.69, 9.17) is 13.9 Å². The largest absolute Gasteiger partial charge is 0.504 e. The van der Waals surface area contributed by atoms with Crippen LogP contribution in [-0.2, 0) is 20.9 Å². The fraction of sp³-hybridized carbons (Fsp3) is 0.440. The number of ether oxygens (including phenoxy) is 2. The lowest BCUT2D eigenvalue weighted by Crippen LogP contribution is -2.45. The summed E-state index contributed by atoms with van der Waals surface area (Å²) in [4.78, 5) is 29.0. The Bertz CT molecular complexity index is 1090. The molecule has 0 spiro atoms. The molecule has 7 heteroatoms. The molecule has 1 N–H and O–H groups in total. The van der Waals surface area contributed by atoms with E-state index in [1.165, 1.54) is 13.2 Å². The summed E-state index contributed by atoms with van der Waals surface area (Å²) in [6.07, 6.45) is 3.00. The third-order valence-electron chi connectivity index (χ3n) is 6.95. The van der Waals surface area contributed by atoms with Gasteiger partial charge in [0.2, 0.25) is 0 Å². The third kappa shape index (κ3) is 3.18. The van der Waals surface area contributed by atoms with E-state index in [9.17, 15) is 14.7 Å². The van der Waals surface area contributed by atoms with Gasteiger partial charge in [0.15, 0.2) is 23.0 Å². The third-order valence-corrected chi connectivity index (χ3v) is 6.95. The molecule has 1 aromatic heterocycles. The van der Waals surface area contributed by atoms with Crippen LogP contribution in [-0.4, -0.2) is 34.9 Å². The smallest absolute Gasteiger partial charge is 0.290 e. The monoisotopic (exact) mass is 437 g/mol. The molecule has 5 unspecified atom stereocenters. The van der Waals surface area contributed by atoms with Crippen molar-refractivity contribution >= 4 is 11.7 Å². The lowest BCUT2D eigenvalue weighted by atomic mass is 9.70. The summed E-state index contributed by atoms with van der Waals surface area (Å²) in [6.45, 7) is 4.45. The first-order valence-corrected chi connectivity index (χ1v) is 11.0. The van der Waals surface area contributed by atoms with Gasteiger partial charge in [-0.1, -0.05) is 19.9 Å². The van der Waals surface area contributed by atoms with E-state index in [-0.39, 0.29) is 53.4 Å². The van der Waals surface area contributed by atoms with Crippen LogP contribution < -0.4 is 4.74 Å². The van der Waals surface area contributed by atoms with Crippen LogP contribution in [0.15, 0.2) is 52.3 Å². The summed E-state index contributed by atoms with van der Waals surface area (Å²) in [5.74, 6) is 1.07. The van der Waals surface area contributed by atoms with E-state index in [1.54, 1.807) is 35.4 Å². The molecule has 1 amide bonds. The van der Waals surface area contributed by atoms with Crippen molar-refractivity contribution in [2.45, 2.75) is 45.4 Å². The van der Waals surface area contributed by atoms with Crippen molar-refractivity contribution in [3.05, 3.63) is 59.3 Å². The van der Waals surface area contributed by atoms with Gasteiger partial charge in [-0.25, -0.2) is 0 Å². The lowest BCUT2D eigenvalue weighted by molar-refractivity contribution is -0.139. The second-order valence-corrected chi connectivity index (χ2v) is 9.20. The fourth-order valence-corrected chi connectivity index (χ4v) is 5.57. The van der Waals surface area contributed by atoms with Crippen molar-refractivity contribution < 1.29 is 28.6 Å². The number of hydrogen-bond acceptors (Lipinski definition) is 6. The van der Waals surface area contributed by atoms with Gasteiger partial charge >= 0.3 is 0 Å². The van der Waals surface area contributed by atoms with E-state index in [1.807, 2.05) is 0 Å². The number of nitrogens with zero attached hydrogens (tertiary/aromatic N) is 1. The maximum atomic E-state index is 13.8. The summed E-state index contributed by atoms with van der Waals surface area (Å²) in [5.41, 5.74) is 1.08. The molecule has 1 saturated carbocycles. The molecule has 1 aromatic carbocycles. The van der Waals surface area contributed by atoms with Gasteiger partial charge in [0, 0.05) is 0 Å². The van der Waals surface area contributed by atoms with Gasteiger partial charge in [-0.05, 0) is 54.5 Å². The number of methoxy groups -OCH3 is 1. The summed E-state index contributed by atoms with van der Waals surface area (Å²) in [7, 11) is 1.47. The Morgan fingerprint density at radius 2 is 2.00 bits per heavy atom. The van der Waals surface area contributed by atoms with Gasteiger partial charge in [0.25, 0.3) is 5.91 Å². The minimum Gasteiger partial charge on any atom is -0.504 e. The maximum absolute atomic E-state index is 13.8. The van der Waals surface area contributed by atoms with Gasteiger partial charge in [-0.15, -0.1) is 0 Å². The molecule has 0 bridgehead atoms.